The molecule has 9 nitrogen and oxygen atoms in total. The highest BCUT2D eigenvalue weighted by atomic mass is 16.6. The number of para-hydroxylation sites is 2. The van der Waals surface area contributed by atoms with Gasteiger partial charge in [-0.3, -0.25) is 10.1 Å². The van der Waals surface area contributed by atoms with Crippen molar-refractivity contribution in [1.29, 1.82) is 0 Å². The SMILES string of the molecule is O=C(COC(=O)[C@@H]1COc2ccccc2O1)NC(=O)NCc1ccco1. The van der Waals surface area contributed by atoms with Gasteiger partial charge in [-0.1, -0.05) is 12.1 Å². The number of amides is 3. The Kier molecular flexibility index (Phi) is 5.37. The van der Waals surface area contributed by atoms with E-state index in [4.69, 9.17) is 18.6 Å². The Hall–Kier alpha value is -3.49. The lowest BCUT2D eigenvalue weighted by Crippen LogP contribution is -2.43. The number of hydrogen-bond acceptors (Lipinski definition) is 7. The lowest BCUT2D eigenvalue weighted by atomic mass is 10.2. The molecule has 0 aliphatic carbocycles. The van der Waals surface area contributed by atoms with Gasteiger partial charge in [-0.15, -0.1) is 0 Å². The van der Waals surface area contributed by atoms with E-state index in [9.17, 15) is 14.4 Å². The van der Waals surface area contributed by atoms with Crippen LogP contribution in [0.1, 0.15) is 5.76 Å². The van der Waals surface area contributed by atoms with Gasteiger partial charge < -0.3 is 23.9 Å². The third-order valence-corrected chi connectivity index (χ3v) is 3.37. The Morgan fingerprint density at radius 3 is 2.69 bits per heavy atom. The van der Waals surface area contributed by atoms with Crippen molar-refractivity contribution in [3.63, 3.8) is 0 Å². The smallest absolute Gasteiger partial charge is 0.351 e. The molecule has 0 unspecified atom stereocenters. The summed E-state index contributed by atoms with van der Waals surface area (Å²) in [6.07, 6.45) is 0.486. The minimum Gasteiger partial charge on any atom is -0.485 e. The van der Waals surface area contributed by atoms with Crippen LogP contribution < -0.4 is 20.1 Å². The van der Waals surface area contributed by atoms with Crippen molar-refractivity contribution in [3.8, 4) is 11.5 Å². The average Bonchev–Trinajstić information content (AvgIpc) is 3.17. The van der Waals surface area contributed by atoms with Crippen molar-refractivity contribution in [3.05, 3.63) is 48.4 Å². The number of carbonyl (C=O) groups excluding carboxylic acids is 3. The summed E-state index contributed by atoms with van der Waals surface area (Å²) in [5.41, 5.74) is 0. The molecule has 2 aromatic rings. The number of furan rings is 1. The van der Waals surface area contributed by atoms with Crippen molar-refractivity contribution in [2.75, 3.05) is 13.2 Å². The molecule has 1 aromatic carbocycles. The van der Waals surface area contributed by atoms with Gasteiger partial charge >= 0.3 is 12.0 Å². The van der Waals surface area contributed by atoms with E-state index in [2.05, 4.69) is 5.32 Å². The molecular formula is C17H16N2O7. The van der Waals surface area contributed by atoms with E-state index in [1.807, 2.05) is 5.32 Å². The van der Waals surface area contributed by atoms with Gasteiger partial charge in [0.25, 0.3) is 5.91 Å². The van der Waals surface area contributed by atoms with Crippen molar-refractivity contribution in [2.24, 2.45) is 0 Å². The number of benzene rings is 1. The van der Waals surface area contributed by atoms with Crippen LogP contribution in [0.3, 0.4) is 0 Å². The lowest BCUT2D eigenvalue weighted by molar-refractivity contribution is -0.157. The summed E-state index contributed by atoms with van der Waals surface area (Å²) >= 11 is 0. The van der Waals surface area contributed by atoms with Crippen LogP contribution in [-0.2, 0) is 20.9 Å². The number of imide groups is 1. The van der Waals surface area contributed by atoms with E-state index >= 15 is 0 Å². The maximum Gasteiger partial charge on any atom is 0.351 e. The molecule has 0 saturated carbocycles. The van der Waals surface area contributed by atoms with Gasteiger partial charge in [-0.05, 0) is 24.3 Å². The Morgan fingerprint density at radius 2 is 1.92 bits per heavy atom. The fraction of sp³-hybridized carbons (Fsp3) is 0.235. The predicted octanol–water partition coefficient (Wildman–Crippen LogP) is 0.989. The first-order valence-electron chi connectivity index (χ1n) is 7.77. The van der Waals surface area contributed by atoms with E-state index < -0.39 is 30.6 Å². The van der Waals surface area contributed by atoms with Crippen LogP contribution in [0.2, 0.25) is 0 Å². The number of rotatable bonds is 5. The van der Waals surface area contributed by atoms with Crippen LogP contribution in [-0.4, -0.2) is 37.2 Å². The molecule has 2 heterocycles. The number of ether oxygens (including phenoxy) is 3. The second-order valence-electron chi connectivity index (χ2n) is 5.28. The topological polar surface area (TPSA) is 116 Å². The number of hydrogen-bond donors (Lipinski definition) is 2. The maximum absolute atomic E-state index is 12.0. The number of nitrogens with one attached hydrogen (secondary N) is 2. The normalized spacial score (nSPS) is 15.0. The van der Waals surface area contributed by atoms with Crippen molar-refractivity contribution >= 4 is 17.9 Å². The van der Waals surface area contributed by atoms with Crippen molar-refractivity contribution < 1.29 is 33.0 Å². The molecule has 3 amide bonds. The summed E-state index contributed by atoms with van der Waals surface area (Å²) < 4.78 is 20.8. The Labute approximate surface area is 148 Å². The Balaban J connectivity index is 1.39. The minimum absolute atomic E-state index is 0.0267. The zero-order chi connectivity index (χ0) is 18.4. The molecule has 0 saturated heterocycles. The highest BCUT2D eigenvalue weighted by Gasteiger charge is 2.29. The third kappa shape index (κ3) is 4.53. The van der Waals surface area contributed by atoms with Gasteiger partial charge in [-0.2, -0.15) is 0 Å². The third-order valence-electron chi connectivity index (χ3n) is 3.37. The second-order valence-corrected chi connectivity index (χ2v) is 5.28. The number of carbonyl (C=O) groups is 3. The predicted molar refractivity (Wildman–Crippen MR) is 86.4 cm³/mol. The van der Waals surface area contributed by atoms with Crippen LogP contribution in [0.4, 0.5) is 4.79 Å². The summed E-state index contributed by atoms with van der Waals surface area (Å²) in [7, 11) is 0. The van der Waals surface area contributed by atoms with E-state index in [1.54, 1.807) is 36.4 Å². The molecule has 0 radical (unpaired) electrons. The fourth-order valence-electron chi connectivity index (χ4n) is 2.15. The highest BCUT2D eigenvalue weighted by molar-refractivity contribution is 5.95. The van der Waals surface area contributed by atoms with Crippen LogP contribution in [0.25, 0.3) is 0 Å². The molecule has 2 N–H and O–H groups in total. The highest BCUT2D eigenvalue weighted by Crippen LogP contribution is 2.31. The monoisotopic (exact) mass is 360 g/mol. The van der Waals surface area contributed by atoms with E-state index in [0.717, 1.165) is 0 Å². The van der Waals surface area contributed by atoms with Crippen LogP contribution in [0.15, 0.2) is 47.1 Å². The largest absolute Gasteiger partial charge is 0.485 e. The molecule has 3 rings (SSSR count). The molecule has 1 atom stereocenters. The molecule has 0 spiro atoms. The van der Waals surface area contributed by atoms with E-state index in [-0.39, 0.29) is 13.2 Å². The van der Waals surface area contributed by atoms with Crippen LogP contribution >= 0.6 is 0 Å². The van der Waals surface area contributed by atoms with Gasteiger partial charge in [0.2, 0.25) is 6.10 Å². The molecule has 1 aliphatic rings. The quantitative estimate of drug-likeness (QED) is 0.764. The van der Waals surface area contributed by atoms with Gasteiger partial charge in [0.1, 0.15) is 12.4 Å². The number of fused-ring (bicyclic) bond motifs is 1. The molecule has 9 heteroatoms. The summed E-state index contributed by atoms with van der Waals surface area (Å²) in [6, 6.07) is 9.51. The van der Waals surface area contributed by atoms with Crippen LogP contribution in [0.5, 0.6) is 11.5 Å². The van der Waals surface area contributed by atoms with Gasteiger partial charge in [-0.25, -0.2) is 9.59 Å². The standard InChI is InChI=1S/C17H16N2O7/c20-15(19-17(22)18-8-11-4-3-7-23-11)10-25-16(21)14-9-24-12-5-1-2-6-13(12)26-14/h1-7,14H,8-10H2,(H2,18,19,20,22)/t14-/m0/s1. The lowest BCUT2D eigenvalue weighted by Gasteiger charge is -2.24. The average molecular weight is 360 g/mol. The van der Waals surface area contributed by atoms with Gasteiger partial charge in [0, 0.05) is 0 Å². The van der Waals surface area contributed by atoms with Gasteiger partial charge in [0.05, 0.1) is 12.8 Å². The van der Waals surface area contributed by atoms with E-state index in [0.29, 0.717) is 17.3 Å². The summed E-state index contributed by atoms with van der Waals surface area (Å²) in [4.78, 5) is 35.2. The fourth-order valence-corrected chi connectivity index (χ4v) is 2.15. The Bertz CT molecular complexity index is 788. The summed E-state index contributed by atoms with van der Waals surface area (Å²) in [6.45, 7) is -0.520. The van der Waals surface area contributed by atoms with Crippen molar-refractivity contribution in [2.45, 2.75) is 12.6 Å². The first-order valence-corrected chi connectivity index (χ1v) is 7.77. The molecule has 0 fully saturated rings. The zero-order valence-corrected chi connectivity index (χ0v) is 13.6. The maximum atomic E-state index is 12.0. The second kappa shape index (κ2) is 8.06. The molecule has 1 aliphatic heterocycles. The summed E-state index contributed by atoms with van der Waals surface area (Å²) in [5, 5.41) is 4.46. The summed E-state index contributed by atoms with van der Waals surface area (Å²) in [5.74, 6) is -0.0446. The molecule has 1 aromatic heterocycles. The molecule has 136 valence electrons. The zero-order valence-electron chi connectivity index (χ0n) is 13.6. The minimum atomic E-state index is -0.981. The molecular weight excluding hydrogens is 344 g/mol. The van der Waals surface area contributed by atoms with Crippen LogP contribution in [0, 0.1) is 0 Å². The molecule has 0 bridgehead atoms. The van der Waals surface area contributed by atoms with Gasteiger partial charge in [0.15, 0.2) is 18.1 Å². The number of urea groups is 1. The Morgan fingerprint density at radius 1 is 1.12 bits per heavy atom. The van der Waals surface area contributed by atoms with Crippen molar-refractivity contribution in [1.82, 2.24) is 10.6 Å². The first-order chi connectivity index (χ1) is 12.6. The number of esters is 1. The first kappa shape index (κ1) is 17.3. The van der Waals surface area contributed by atoms with E-state index in [1.165, 1.54) is 6.26 Å². The molecule has 26 heavy (non-hydrogen) atoms.